The summed E-state index contributed by atoms with van der Waals surface area (Å²) in [5.74, 6) is 0.733. The van der Waals surface area contributed by atoms with E-state index in [4.69, 9.17) is 4.74 Å². The normalized spacial score (nSPS) is 19.4. The van der Waals surface area contributed by atoms with Crippen molar-refractivity contribution in [3.05, 3.63) is 65.0 Å². The number of likely N-dealkylation sites (tertiary alicyclic amines) is 1. The Morgan fingerprint density at radius 2 is 1.82 bits per heavy atom. The molecule has 0 atom stereocenters. The summed E-state index contributed by atoms with van der Waals surface area (Å²) in [5.41, 5.74) is 2.17. The number of fused-ring (bicyclic) bond motifs is 1. The van der Waals surface area contributed by atoms with E-state index in [9.17, 15) is 9.18 Å². The Morgan fingerprint density at radius 3 is 2.50 bits per heavy atom. The second kappa shape index (κ2) is 7.00. The first-order chi connectivity index (χ1) is 13.3. The first-order valence-corrected chi connectivity index (χ1v) is 10.1. The fraction of sp³-hybridized carbons (Fsp3) is 0.458. The molecule has 0 aliphatic carbocycles. The van der Waals surface area contributed by atoms with E-state index in [1.54, 1.807) is 6.07 Å². The van der Waals surface area contributed by atoms with Crippen molar-refractivity contribution in [2.45, 2.75) is 57.6 Å². The molecule has 4 rings (SSSR count). The van der Waals surface area contributed by atoms with Gasteiger partial charge in [-0.2, -0.15) is 0 Å². The summed E-state index contributed by atoms with van der Waals surface area (Å²) >= 11 is 0. The van der Waals surface area contributed by atoms with Crippen molar-refractivity contribution in [2.24, 2.45) is 0 Å². The SMILES string of the molecule is CC(C)(C)c1ccc2c(c1)C(=O)CC1(CCN(Cc3ccccc3F)CC1)O2. The molecule has 0 radical (unpaired) electrons. The fourth-order valence-corrected chi connectivity index (χ4v) is 4.23. The molecular formula is C24H28FNO2. The molecule has 1 saturated heterocycles. The molecule has 28 heavy (non-hydrogen) atoms. The molecule has 3 nitrogen and oxygen atoms in total. The third kappa shape index (κ3) is 3.70. The molecule has 1 spiro atoms. The highest BCUT2D eigenvalue weighted by Crippen LogP contribution is 2.41. The van der Waals surface area contributed by atoms with E-state index in [0.717, 1.165) is 37.1 Å². The maximum absolute atomic E-state index is 13.9. The van der Waals surface area contributed by atoms with Gasteiger partial charge in [-0.25, -0.2) is 4.39 Å². The number of rotatable bonds is 2. The second-order valence-corrected chi connectivity index (χ2v) is 9.21. The number of hydrogen-bond donors (Lipinski definition) is 0. The lowest BCUT2D eigenvalue weighted by Crippen LogP contribution is -2.50. The minimum Gasteiger partial charge on any atom is -0.486 e. The molecule has 1 fully saturated rings. The minimum atomic E-state index is -0.418. The van der Waals surface area contributed by atoms with Gasteiger partial charge >= 0.3 is 0 Å². The van der Waals surface area contributed by atoms with Crippen LogP contribution in [0.15, 0.2) is 42.5 Å². The van der Waals surface area contributed by atoms with Crippen molar-refractivity contribution in [2.75, 3.05) is 13.1 Å². The lowest BCUT2D eigenvalue weighted by molar-refractivity contribution is -0.0109. The quantitative estimate of drug-likeness (QED) is 0.723. The van der Waals surface area contributed by atoms with Gasteiger partial charge in [0.1, 0.15) is 17.2 Å². The third-order valence-corrected chi connectivity index (χ3v) is 6.07. The Bertz CT molecular complexity index is 892. The molecule has 0 amide bonds. The van der Waals surface area contributed by atoms with Crippen LogP contribution in [0.5, 0.6) is 5.75 Å². The highest BCUT2D eigenvalue weighted by Gasteiger charge is 2.43. The molecule has 2 aliphatic rings. The summed E-state index contributed by atoms with van der Waals surface area (Å²) < 4.78 is 20.3. The Morgan fingerprint density at radius 1 is 1.11 bits per heavy atom. The van der Waals surface area contributed by atoms with Crippen molar-refractivity contribution < 1.29 is 13.9 Å². The van der Waals surface area contributed by atoms with E-state index < -0.39 is 5.60 Å². The van der Waals surface area contributed by atoms with E-state index in [1.165, 1.54) is 6.07 Å². The van der Waals surface area contributed by atoms with Crippen molar-refractivity contribution in [1.29, 1.82) is 0 Å². The zero-order valence-corrected chi connectivity index (χ0v) is 16.9. The predicted octanol–water partition coefficient (Wildman–Crippen LogP) is 5.12. The molecule has 148 valence electrons. The zero-order chi connectivity index (χ0) is 19.9. The van der Waals surface area contributed by atoms with Crippen molar-refractivity contribution >= 4 is 5.78 Å². The van der Waals surface area contributed by atoms with Gasteiger partial charge in [0.05, 0.1) is 12.0 Å². The second-order valence-electron chi connectivity index (χ2n) is 9.21. The molecular weight excluding hydrogens is 353 g/mol. The van der Waals surface area contributed by atoms with Crippen molar-refractivity contribution in [1.82, 2.24) is 4.90 Å². The minimum absolute atomic E-state index is 0.00248. The molecule has 0 aromatic heterocycles. The average Bonchev–Trinajstić information content (AvgIpc) is 2.64. The number of halogens is 1. The van der Waals surface area contributed by atoms with Crippen molar-refractivity contribution in [3.8, 4) is 5.75 Å². The van der Waals surface area contributed by atoms with Gasteiger partial charge in [-0.1, -0.05) is 45.0 Å². The maximum Gasteiger partial charge on any atom is 0.170 e. The molecule has 0 saturated carbocycles. The first-order valence-electron chi connectivity index (χ1n) is 10.1. The van der Waals surface area contributed by atoms with Gasteiger partial charge in [0.2, 0.25) is 0 Å². The highest BCUT2D eigenvalue weighted by molar-refractivity contribution is 6.00. The van der Waals surface area contributed by atoms with Crippen molar-refractivity contribution in [3.63, 3.8) is 0 Å². The molecule has 0 unspecified atom stereocenters. The number of nitrogens with zero attached hydrogens (tertiary/aromatic N) is 1. The van der Waals surface area contributed by atoms with E-state index in [1.807, 2.05) is 24.3 Å². The number of carbonyl (C=O) groups excluding carboxylic acids is 1. The molecule has 4 heteroatoms. The predicted molar refractivity (Wildman–Crippen MR) is 108 cm³/mol. The fourth-order valence-electron chi connectivity index (χ4n) is 4.23. The van der Waals surface area contributed by atoms with E-state index in [0.29, 0.717) is 24.3 Å². The molecule has 2 heterocycles. The van der Waals surface area contributed by atoms with Gasteiger partial charge in [-0.15, -0.1) is 0 Å². The van der Waals surface area contributed by atoms with Gasteiger partial charge in [0.15, 0.2) is 5.78 Å². The molecule has 2 aliphatic heterocycles. The van der Waals surface area contributed by atoms with Crippen LogP contribution < -0.4 is 4.74 Å². The van der Waals surface area contributed by atoms with Crippen LogP contribution in [0.1, 0.15) is 61.5 Å². The largest absolute Gasteiger partial charge is 0.486 e. The maximum atomic E-state index is 13.9. The topological polar surface area (TPSA) is 29.5 Å². The summed E-state index contributed by atoms with van der Waals surface area (Å²) in [5, 5.41) is 0. The average molecular weight is 381 g/mol. The Kier molecular flexibility index (Phi) is 4.78. The smallest absolute Gasteiger partial charge is 0.170 e. The van der Waals surface area contributed by atoms with E-state index in [2.05, 4.69) is 31.7 Å². The van der Waals surface area contributed by atoms with Gasteiger partial charge < -0.3 is 4.74 Å². The first kappa shape index (κ1) is 19.1. The zero-order valence-electron chi connectivity index (χ0n) is 16.9. The van der Waals surface area contributed by atoms with E-state index in [-0.39, 0.29) is 17.0 Å². The van der Waals surface area contributed by atoms with Gasteiger partial charge in [-0.05, 0) is 29.2 Å². The summed E-state index contributed by atoms with van der Waals surface area (Å²) in [6.45, 7) is 8.65. The summed E-state index contributed by atoms with van der Waals surface area (Å²) in [6.07, 6.45) is 2.00. The van der Waals surface area contributed by atoms with Crippen LogP contribution in [0.25, 0.3) is 0 Å². The van der Waals surface area contributed by atoms with Crippen LogP contribution in [-0.4, -0.2) is 29.4 Å². The van der Waals surface area contributed by atoms with Crippen LogP contribution in [0, 0.1) is 5.82 Å². The summed E-state index contributed by atoms with van der Waals surface area (Å²) in [6, 6.07) is 13.0. The lowest BCUT2D eigenvalue weighted by Gasteiger charge is -2.44. The van der Waals surface area contributed by atoms with Crippen LogP contribution in [0.3, 0.4) is 0 Å². The Hall–Kier alpha value is -2.20. The number of ether oxygens (including phenoxy) is 1. The van der Waals surface area contributed by atoms with Crippen LogP contribution in [-0.2, 0) is 12.0 Å². The van der Waals surface area contributed by atoms with Gasteiger partial charge in [0.25, 0.3) is 0 Å². The van der Waals surface area contributed by atoms with Gasteiger partial charge in [0, 0.05) is 38.0 Å². The Labute approximate surface area is 166 Å². The number of Topliss-reactive ketones (excluding diaryl/α,β-unsaturated/α-hetero) is 1. The third-order valence-electron chi connectivity index (χ3n) is 6.07. The number of hydrogen-bond acceptors (Lipinski definition) is 3. The number of benzene rings is 2. The monoisotopic (exact) mass is 381 g/mol. The molecule has 0 N–H and O–H groups in total. The summed E-state index contributed by atoms with van der Waals surface area (Å²) in [4.78, 5) is 15.2. The lowest BCUT2D eigenvalue weighted by atomic mass is 9.80. The highest BCUT2D eigenvalue weighted by atomic mass is 19.1. The number of ketones is 1. The van der Waals surface area contributed by atoms with Crippen LogP contribution in [0.4, 0.5) is 4.39 Å². The summed E-state index contributed by atoms with van der Waals surface area (Å²) in [7, 11) is 0. The van der Waals surface area contributed by atoms with Crippen LogP contribution >= 0.6 is 0 Å². The number of piperidine rings is 1. The standard InChI is InChI=1S/C24H28FNO2/c1-23(2,3)18-8-9-22-19(14-18)21(27)15-24(28-22)10-12-26(13-11-24)16-17-6-4-5-7-20(17)25/h4-9,14H,10-13,15-16H2,1-3H3. The number of carbonyl (C=O) groups is 1. The Balaban J connectivity index is 1.47. The van der Waals surface area contributed by atoms with E-state index >= 15 is 0 Å². The molecule has 2 aromatic rings. The van der Waals surface area contributed by atoms with Gasteiger partial charge in [-0.3, -0.25) is 9.69 Å². The molecule has 0 bridgehead atoms. The van der Waals surface area contributed by atoms with Crippen LogP contribution in [0.2, 0.25) is 0 Å². The molecule has 2 aromatic carbocycles.